The van der Waals surface area contributed by atoms with Gasteiger partial charge in [-0.3, -0.25) is 4.57 Å². The summed E-state index contributed by atoms with van der Waals surface area (Å²) in [6.45, 7) is 10.0. The van der Waals surface area contributed by atoms with Gasteiger partial charge in [0, 0.05) is 6.16 Å². The predicted octanol–water partition coefficient (Wildman–Crippen LogP) is 2.33. The third-order valence-corrected chi connectivity index (χ3v) is 5.09. The Morgan fingerprint density at radius 2 is 1.85 bits per heavy atom. The van der Waals surface area contributed by atoms with Gasteiger partial charge in [0.2, 0.25) is 7.37 Å². The summed E-state index contributed by atoms with van der Waals surface area (Å²) in [5.41, 5.74) is -2.11. The van der Waals surface area contributed by atoms with Crippen LogP contribution in [0.25, 0.3) is 0 Å². The molecule has 0 heterocycles. The van der Waals surface area contributed by atoms with E-state index >= 15 is 0 Å². The number of alkyl carbamates (subject to hydrolysis) is 1. The minimum Gasteiger partial charge on any atom is -0.444 e. The van der Waals surface area contributed by atoms with Crippen molar-refractivity contribution in [1.82, 2.24) is 5.32 Å². The Morgan fingerprint density at radius 3 is 2.25 bits per heavy atom. The van der Waals surface area contributed by atoms with Crippen LogP contribution in [0.5, 0.6) is 0 Å². The smallest absolute Gasteiger partial charge is 0.407 e. The Labute approximate surface area is 121 Å². The van der Waals surface area contributed by atoms with Crippen molar-refractivity contribution in [3.8, 4) is 0 Å². The topological polar surface area (TPSA) is 95.9 Å². The fourth-order valence-electron chi connectivity index (χ4n) is 1.71. The molecule has 0 fully saturated rings. The van der Waals surface area contributed by atoms with Crippen LogP contribution in [0.2, 0.25) is 0 Å². The van der Waals surface area contributed by atoms with Gasteiger partial charge in [0.25, 0.3) is 0 Å². The fraction of sp³-hybridized carbons (Fsp3) is 0.923. The lowest BCUT2D eigenvalue weighted by Gasteiger charge is -2.33. The highest BCUT2D eigenvalue weighted by atomic mass is 31.2. The third kappa shape index (κ3) is 7.88. The van der Waals surface area contributed by atoms with Crippen LogP contribution in [0.3, 0.4) is 0 Å². The summed E-state index contributed by atoms with van der Waals surface area (Å²) in [5, 5.41) is 12.8. The summed E-state index contributed by atoms with van der Waals surface area (Å²) in [5.74, 6) is 0. The minimum absolute atomic E-state index is 0.155. The molecule has 3 atom stereocenters. The number of ether oxygens (including phenoxy) is 1. The van der Waals surface area contributed by atoms with Crippen LogP contribution < -0.4 is 5.32 Å². The first kappa shape index (κ1) is 19.4. The lowest BCUT2D eigenvalue weighted by atomic mass is 10.0. The molecule has 0 aromatic carbocycles. The maximum atomic E-state index is 11.9. The van der Waals surface area contributed by atoms with E-state index in [1.165, 1.54) is 6.92 Å². The Bertz CT molecular complexity index is 375. The molecule has 0 aromatic heterocycles. The van der Waals surface area contributed by atoms with Gasteiger partial charge in [0.05, 0.1) is 17.8 Å². The van der Waals surface area contributed by atoms with Gasteiger partial charge in [-0.15, -0.1) is 0 Å². The molecule has 3 N–H and O–H groups in total. The zero-order valence-electron chi connectivity index (χ0n) is 13.3. The van der Waals surface area contributed by atoms with E-state index in [1.54, 1.807) is 34.6 Å². The molecular weight excluding hydrogens is 281 g/mol. The number of nitrogens with one attached hydrogen (secondary N) is 1. The van der Waals surface area contributed by atoms with Crippen LogP contribution in [0.4, 0.5) is 4.79 Å². The molecule has 0 aliphatic heterocycles. The van der Waals surface area contributed by atoms with Gasteiger partial charge in [0.15, 0.2) is 0 Å². The number of carbonyl (C=O) groups excluding carboxylic acids is 1. The van der Waals surface area contributed by atoms with E-state index in [0.717, 1.165) is 0 Å². The molecule has 20 heavy (non-hydrogen) atoms. The van der Waals surface area contributed by atoms with Gasteiger partial charge in [0.1, 0.15) is 5.60 Å². The number of rotatable bonds is 6. The highest BCUT2D eigenvalue weighted by molar-refractivity contribution is 7.58. The molecule has 1 amide bonds. The van der Waals surface area contributed by atoms with Crippen LogP contribution in [0.15, 0.2) is 0 Å². The van der Waals surface area contributed by atoms with Crippen molar-refractivity contribution in [2.24, 2.45) is 0 Å². The van der Waals surface area contributed by atoms with E-state index in [4.69, 9.17) is 4.74 Å². The number of aliphatic hydroxyl groups is 1. The van der Waals surface area contributed by atoms with Gasteiger partial charge in [-0.05, 0) is 41.0 Å². The van der Waals surface area contributed by atoms with Crippen LogP contribution >= 0.6 is 7.37 Å². The standard InChI is InChI=1S/C13H28NO5P/c1-7-8-20(17,18)9-13(6,16)10(2)14-11(15)19-12(3,4)5/h10,16H,7-9H2,1-6H3,(H,14,15)(H,17,18). The number of hydrogen-bond donors (Lipinski definition) is 3. The first-order chi connectivity index (χ1) is 8.79. The lowest BCUT2D eigenvalue weighted by Crippen LogP contribution is -2.52. The molecule has 0 bridgehead atoms. The van der Waals surface area contributed by atoms with E-state index in [9.17, 15) is 19.4 Å². The summed E-state index contributed by atoms with van der Waals surface area (Å²) in [4.78, 5) is 21.4. The van der Waals surface area contributed by atoms with Crippen molar-refractivity contribution >= 4 is 13.5 Å². The molecule has 0 saturated carbocycles. The van der Waals surface area contributed by atoms with Gasteiger partial charge in [-0.25, -0.2) is 4.79 Å². The first-order valence-electron chi connectivity index (χ1n) is 6.82. The van der Waals surface area contributed by atoms with Crippen molar-refractivity contribution in [1.29, 1.82) is 0 Å². The number of amides is 1. The van der Waals surface area contributed by atoms with Crippen LogP contribution in [-0.4, -0.2) is 45.7 Å². The molecule has 3 unspecified atom stereocenters. The molecule has 0 aliphatic carbocycles. The van der Waals surface area contributed by atoms with Crippen LogP contribution in [-0.2, 0) is 9.30 Å². The number of hydrogen-bond acceptors (Lipinski definition) is 4. The quantitative estimate of drug-likeness (QED) is 0.654. The summed E-state index contributed by atoms with van der Waals surface area (Å²) in [7, 11) is -3.39. The predicted molar refractivity (Wildman–Crippen MR) is 79.3 cm³/mol. The van der Waals surface area contributed by atoms with Crippen LogP contribution in [0, 0.1) is 0 Å². The van der Waals surface area contributed by atoms with Crippen molar-refractivity contribution in [2.45, 2.75) is 65.2 Å². The Kier molecular flexibility index (Phi) is 6.72. The second-order valence-corrected chi connectivity index (χ2v) is 8.91. The molecule has 0 aromatic rings. The van der Waals surface area contributed by atoms with Crippen molar-refractivity contribution in [3.63, 3.8) is 0 Å². The normalized spacial score (nSPS) is 19.6. The van der Waals surface area contributed by atoms with Crippen molar-refractivity contribution in [3.05, 3.63) is 0 Å². The largest absolute Gasteiger partial charge is 0.444 e. The van der Waals surface area contributed by atoms with Gasteiger partial charge in [-0.1, -0.05) is 6.92 Å². The summed E-state index contributed by atoms with van der Waals surface area (Å²) in [6.07, 6.45) is -0.196. The van der Waals surface area contributed by atoms with Crippen LogP contribution in [0.1, 0.15) is 48.0 Å². The van der Waals surface area contributed by atoms with E-state index in [2.05, 4.69) is 5.32 Å². The summed E-state index contributed by atoms with van der Waals surface area (Å²) >= 11 is 0. The Balaban J connectivity index is 4.62. The second-order valence-electron chi connectivity index (χ2n) is 6.45. The van der Waals surface area contributed by atoms with E-state index in [1.807, 2.05) is 0 Å². The molecule has 0 aliphatic rings. The minimum atomic E-state index is -3.39. The molecule has 6 nitrogen and oxygen atoms in total. The van der Waals surface area contributed by atoms with E-state index in [-0.39, 0.29) is 12.3 Å². The zero-order chi connectivity index (χ0) is 16.2. The summed E-state index contributed by atoms with van der Waals surface area (Å²) in [6, 6.07) is -0.699. The zero-order valence-corrected chi connectivity index (χ0v) is 14.2. The maximum Gasteiger partial charge on any atom is 0.407 e. The highest BCUT2D eigenvalue weighted by Crippen LogP contribution is 2.44. The van der Waals surface area contributed by atoms with E-state index in [0.29, 0.717) is 6.42 Å². The average molecular weight is 309 g/mol. The monoisotopic (exact) mass is 309 g/mol. The fourth-order valence-corrected chi connectivity index (χ4v) is 3.84. The van der Waals surface area contributed by atoms with Crippen molar-refractivity contribution in [2.75, 3.05) is 12.3 Å². The molecular formula is C13H28NO5P. The molecule has 0 rings (SSSR count). The van der Waals surface area contributed by atoms with E-state index < -0.39 is 30.7 Å². The van der Waals surface area contributed by atoms with Gasteiger partial charge in [-0.2, -0.15) is 0 Å². The number of carbonyl (C=O) groups is 1. The SMILES string of the molecule is CCCP(=O)(O)CC(C)(O)C(C)NC(=O)OC(C)(C)C. The summed E-state index contributed by atoms with van der Waals surface area (Å²) < 4.78 is 17.0. The second kappa shape index (κ2) is 6.92. The molecule has 0 spiro atoms. The van der Waals surface area contributed by atoms with Crippen molar-refractivity contribution < 1.29 is 24.1 Å². The Morgan fingerprint density at radius 1 is 1.35 bits per heavy atom. The highest BCUT2D eigenvalue weighted by Gasteiger charge is 2.37. The van der Waals surface area contributed by atoms with Gasteiger partial charge >= 0.3 is 6.09 Å². The Hall–Kier alpha value is -0.580. The third-order valence-electron chi connectivity index (χ3n) is 2.81. The first-order valence-corrected chi connectivity index (χ1v) is 8.85. The van der Waals surface area contributed by atoms with Gasteiger partial charge < -0.3 is 20.1 Å². The average Bonchev–Trinajstić information content (AvgIpc) is 2.11. The molecule has 0 saturated heterocycles. The molecule has 0 radical (unpaired) electrons. The molecule has 120 valence electrons. The molecule has 7 heteroatoms. The lowest BCUT2D eigenvalue weighted by molar-refractivity contribution is 0.0219. The maximum absolute atomic E-state index is 11.9.